The van der Waals surface area contributed by atoms with Gasteiger partial charge in [-0.3, -0.25) is 9.78 Å². The molecular formula is C16H15N3O2. The zero-order valence-corrected chi connectivity index (χ0v) is 11.6. The van der Waals surface area contributed by atoms with Crippen LogP contribution in [0.3, 0.4) is 0 Å². The first kappa shape index (κ1) is 13.2. The summed E-state index contributed by atoms with van der Waals surface area (Å²) in [6.45, 7) is 0.423. The van der Waals surface area contributed by atoms with E-state index < -0.39 is 0 Å². The SMILES string of the molecule is CN(Cc1ccccn1)C(=O)c1cc2cccc(N)c2o1. The molecular weight excluding hydrogens is 266 g/mol. The van der Waals surface area contributed by atoms with Gasteiger partial charge >= 0.3 is 0 Å². The summed E-state index contributed by atoms with van der Waals surface area (Å²) < 4.78 is 5.58. The standard InChI is InChI=1S/C16H15N3O2/c1-19(10-12-6-2-3-8-18-12)16(20)14-9-11-5-4-7-13(17)15(11)21-14/h2-9H,10,17H2,1H3. The molecule has 2 N–H and O–H groups in total. The summed E-state index contributed by atoms with van der Waals surface area (Å²) >= 11 is 0. The summed E-state index contributed by atoms with van der Waals surface area (Å²) in [6, 6.07) is 12.8. The molecule has 2 aromatic heterocycles. The molecule has 5 nitrogen and oxygen atoms in total. The van der Waals surface area contributed by atoms with Crippen LogP contribution < -0.4 is 5.73 Å². The number of rotatable bonds is 3. The van der Waals surface area contributed by atoms with Crippen LogP contribution in [-0.4, -0.2) is 22.8 Å². The first-order valence-corrected chi connectivity index (χ1v) is 6.58. The maximum Gasteiger partial charge on any atom is 0.289 e. The first-order chi connectivity index (χ1) is 10.1. The van der Waals surface area contributed by atoms with Gasteiger partial charge in [-0.05, 0) is 24.3 Å². The minimum atomic E-state index is -0.198. The second-order valence-electron chi connectivity index (χ2n) is 4.86. The lowest BCUT2D eigenvalue weighted by molar-refractivity contribution is 0.0754. The third-order valence-electron chi connectivity index (χ3n) is 3.26. The predicted octanol–water partition coefficient (Wildman–Crippen LogP) is 2.68. The van der Waals surface area contributed by atoms with E-state index >= 15 is 0 Å². The molecule has 0 aliphatic carbocycles. The number of nitrogens with zero attached hydrogens (tertiary/aromatic N) is 2. The Balaban J connectivity index is 1.84. The molecule has 0 unspecified atom stereocenters. The van der Waals surface area contributed by atoms with E-state index in [4.69, 9.17) is 10.2 Å². The summed E-state index contributed by atoms with van der Waals surface area (Å²) in [5.74, 6) is 0.0811. The van der Waals surface area contributed by atoms with Crippen LogP contribution in [0.25, 0.3) is 11.0 Å². The fraction of sp³-hybridized carbons (Fsp3) is 0.125. The van der Waals surface area contributed by atoms with Gasteiger partial charge in [0.2, 0.25) is 0 Å². The summed E-state index contributed by atoms with van der Waals surface area (Å²) in [4.78, 5) is 18.2. The highest BCUT2D eigenvalue weighted by Crippen LogP contribution is 2.25. The van der Waals surface area contributed by atoms with Crippen molar-refractivity contribution in [1.29, 1.82) is 0 Å². The van der Waals surface area contributed by atoms with Crippen molar-refractivity contribution in [3.05, 3.63) is 60.1 Å². The Labute approximate surface area is 122 Å². The van der Waals surface area contributed by atoms with Crippen molar-refractivity contribution < 1.29 is 9.21 Å². The Morgan fingerprint density at radius 2 is 2.14 bits per heavy atom. The lowest BCUT2D eigenvalue weighted by atomic mass is 10.2. The van der Waals surface area contributed by atoms with Crippen molar-refractivity contribution in [1.82, 2.24) is 9.88 Å². The Hall–Kier alpha value is -2.82. The van der Waals surface area contributed by atoms with E-state index in [0.717, 1.165) is 11.1 Å². The first-order valence-electron chi connectivity index (χ1n) is 6.58. The summed E-state index contributed by atoms with van der Waals surface area (Å²) in [6.07, 6.45) is 1.70. The second-order valence-corrected chi connectivity index (χ2v) is 4.86. The molecule has 2 heterocycles. The van der Waals surface area contributed by atoms with Crippen LogP contribution in [0, 0.1) is 0 Å². The fourth-order valence-corrected chi connectivity index (χ4v) is 2.19. The van der Waals surface area contributed by atoms with Gasteiger partial charge in [-0.2, -0.15) is 0 Å². The highest BCUT2D eigenvalue weighted by molar-refractivity contribution is 5.98. The molecule has 0 aliphatic rings. The van der Waals surface area contributed by atoms with Crippen LogP contribution in [0.2, 0.25) is 0 Å². The molecule has 0 fully saturated rings. The lowest BCUT2D eigenvalue weighted by Gasteiger charge is -2.14. The van der Waals surface area contributed by atoms with Gasteiger partial charge in [0.25, 0.3) is 5.91 Å². The Bertz CT molecular complexity index is 781. The maximum atomic E-state index is 12.4. The monoisotopic (exact) mass is 281 g/mol. The van der Waals surface area contributed by atoms with Gasteiger partial charge in [-0.25, -0.2) is 0 Å². The number of furan rings is 1. The molecule has 1 aromatic carbocycles. The van der Waals surface area contributed by atoms with Crippen LogP contribution in [0.5, 0.6) is 0 Å². The largest absolute Gasteiger partial charge is 0.449 e. The molecule has 0 aliphatic heterocycles. The molecule has 3 aromatic rings. The third kappa shape index (κ3) is 2.58. The molecule has 0 saturated heterocycles. The minimum absolute atomic E-state index is 0.198. The number of hydrogen-bond donors (Lipinski definition) is 1. The molecule has 0 saturated carbocycles. The van der Waals surface area contributed by atoms with Crippen molar-refractivity contribution in [2.45, 2.75) is 6.54 Å². The van der Waals surface area contributed by atoms with E-state index in [0.29, 0.717) is 17.8 Å². The quantitative estimate of drug-likeness (QED) is 0.749. The number of hydrogen-bond acceptors (Lipinski definition) is 4. The van der Waals surface area contributed by atoms with Crippen molar-refractivity contribution in [2.75, 3.05) is 12.8 Å². The number of nitrogen functional groups attached to an aromatic ring is 1. The lowest BCUT2D eigenvalue weighted by Crippen LogP contribution is -2.26. The number of benzene rings is 1. The summed E-state index contributed by atoms with van der Waals surface area (Å²) in [5, 5.41) is 0.824. The van der Waals surface area contributed by atoms with Crippen LogP contribution in [0.4, 0.5) is 5.69 Å². The van der Waals surface area contributed by atoms with Gasteiger partial charge in [0.15, 0.2) is 11.3 Å². The molecule has 0 bridgehead atoms. The van der Waals surface area contributed by atoms with E-state index in [1.165, 1.54) is 0 Å². The molecule has 1 amide bonds. The van der Waals surface area contributed by atoms with E-state index in [9.17, 15) is 4.79 Å². The van der Waals surface area contributed by atoms with Crippen molar-refractivity contribution in [2.24, 2.45) is 0 Å². The molecule has 0 atom stereocenters. The smallest absolute Gasteiger partial charge is 0.289 e. The van der Waals surface area contributed by atoms with E-state index in [-0.39, 0.29) is 11.7 Å². The normalized spacial score (nSPS) is 10.7. The van der Waals surface area contributed by atoms with Crippen LogP contribution in [0.15, 0.2) is 53.1 Å². The van der Waals surface area contributed by atoms with Crippen molar-refractivity contribution in [3.8, 4) is 0 Å². The topological polar surface area (TPSA) is 72.4 Å². The van der Waals surface area contributed by atoms with Gasteiger partial charge in [-0.15, -0.1) is 0 Å². The Kier molecular flexibility index (Phi) is 3.31. The van der Waals surface area contributed by atoms with Gasteiger partial charge in [-0.1, -0.05) is 18.2 Å². The third-order valence-corrected chi connectivity index (χ3v) is 3.26. The number of para-hydroxylation sites is 1. The van der Waals surface area contributed by atoms with Crippen LogP contribution in [-0.2, 0) is 6.54 Å². The van der Waals surface area contributed by atoms with Gasteiger partial charge in [0.1, 0.15) is 0 Å². The van der Waals surface area contributed by atoms with Crippen LogP contribution in [0.1, 0.15) is 16.2 Å². The highest BCUT2D eigenvalue weighted by atomic mass is 16.3. The van der Waals surface area contributed by atoms with Crippen molar-refractivity contribution >= 4 is 22.6 Å². The van der Waals surface area contributed by atoms with Gasteiger partial charge in [0.05, 0.1) is 17.9 Å². The second kappa shape index (κ2) is 5.28. The average Bonchev–Trinajstić information content (AvgIpc) is 2.93. The van der Waals surface area contributed by atoms with Gasteiger partial charge in [0, 0.05) is 18.6 Å². The highest BCUT2D eigenvalue weighted by Gasteiger charge is 2.18. The molecule has 0 radical (unpaired) electrons. The fourth-order valence-electron chi connectivity index (χ4n) is 2.19. The number of pyridine rings is 1. The zero-order valence-electron chi connectivity index (χ0n) is 11.6. The number of amides is 1. The van der Waals surface area contributed by atoms with E-state index in [1.807, 2.05) is 30.3 Å². The van der Waals surface area contributed by atoms with Crippen molar-refractivity contribution in [3.63, 3.8) is 0 Å². The maximum absolute atomic E-state index is 12.4. The number of anilines is 1. The predicted molar refractivity (Wildman–Crippen MR) is 80.7 cm³/mol. The minimum Gasteiger partial charge on any atom is -0.449 e. The number of carbonyl (C=O) groups is 1. The van der Waals surface area contributed by atoms with E-state index in [1.54, 1.807) is 30.3 Å². The average molecular weight is 281 g/mol. The Morgan fingerprint density at radius 3 is 2.86 bits per heavy atom. The van der Waals surface area contributed by atoms with Gasteiger partial charge < -0.3 is 15.1 Å². The molecule has 21 heavy (non-hydrogen) atoms. The molecule has 106 valence electrons. The molecule has 5 heteroatoms. The molecule has 0 spiro atoms. The summed E-state index contributed by atoms with van der Waals surface area (Å²) in [7, 11) is 1.72. The zero-order chi connectivity index (χ0) is 14.8. The number of fused-ring (bicyclic) bond motifs is 1. The number of nitrogens with two attached hydrogens (primary N) is 1. The number of carbonyl (C=O) groups excluding carboxylic acids is 1. The summed E-state index contributed by atoms with van der Waals surface area (Å²) in [5.41, 5.74) is 7.74. The molecule has 3 rings (SSSR count). The Morgan fingerprint density at radius 1 is 1.29 bits per heavy atom. The number of aromatic nitrogens is 1. The van der Waals surface area contributed by atoms with E-state index in [2.05, 4.69) is 4.98 Å². The van der Waals surface area contributed by atoms with Crippen LogP contribution >= 0.6 is 0 Å².